The molecular formula is C8H13N3O. The Labute approximate surface area is 71.5 Å². The molecular weight excluding hydrogens is 154 g/mol. The van der Waals surface area contributed by atoms with E-state index in [-0.39, 0.29) is 6.61 Å². The maximum absolute atomic E-state index is 8.69. The molecule has 12 heavy (non-hydrogen) atoms. The van der Waals surface area contributed by atoms with E-state index in [0.29, 0.717) is 6.54 Å². The number of allylic oxidation sites excluding steroid dienone is 1. The summed E-state index contributed by atoms with van der Waals surface area (Å²) in [6, 6.07) is 0. The van der Waals surface area contributed by atoms with Crippen LogP contribution in [0.3, 0.4) is 0 Å². The van der Waals surface area contributed by atoms with E-state index in [1.54, 1.807) is 10.9 Å². The highest BCUT2D eigenvalue weighted by molar-refractivity contribution is 5.06. The van der Waals surface area contributed by atoms with Gasteiger partial charge in [0.05, 0.1) is 25.0 Å². The molecule has 1 rings (SSSR count). The van der Waals surface area contributed by atoms with Crippen LogP contribution in [0.5, 0.6) is 0 Å². The lowest BCUT2D eigenvalue weighted by Gasteiger charge is -2.02. The van der Waals surface area contributed by atoms with Crippen molar-refractivity contribution in [3.63, 3.8) is 0 Å². The second-order valence-corrected chi connectivity index (χ2v) is 2.81. The van der Waals surface area contributed by atoms with Gasteiger partial charge in [0.25, 0.3) is 0 Å². The van der Waals surface area contributed by atoms with Gasteiger partial charge in [0, 0.05) is 6.42 Å². The molecule has 0 bridgehead atoms. The number of aromatic nitrogens is 3. The molecule has 0 fully saturated rings. The second-order valence-electron chi connectivity index (χ2n) is 2.81. The van der Waals surface area contributed by atoms with Gasteiger partial charge in [-0.05, 0) is 6.92 Å². The lowest BCUT2D eigenvalue weighted by Crippen LogP contribution is -2.08. The topological polar surface area (TPSA) is 50.9 Å². The van der Waals surface area contributed by atoms with Crippen molar-refractivity contribution in [1.82, 2.24) is 15.0 Å². The summed E-state index contributed by atoms with van der Waals surface area (Å²) >= 11 is 0. The number of aliphatic hydroxyl groups excluding tert-OH is 1. The number of hydrogen-bond donors (Lipinski definition) is 1. The SMILES string of the molecule is C=C(C)Cc1cnnn1CCO. The number of nitrogens with zero attached hydrogens (tertiary/aromatic N) is 3. The molecule has 1 heterocycles. The van der Waals surface area contributed by atoms with Crippen molar-refractivity contribution >= 4 is 0 Å². The molecule has 0 aliphatic carbocycles. The maximum atomic E-state index is 8.69. The van der Waals surface area contributed by atoms with Crippen LogP contribution in [-0.2, 0) is 13.0 Å². The highest BCUT2D eigenvalue weighted by atomic mass is 16.3. The van der Waals surface area contributed by atoms with Gasteiger partial charge in [-0.1, -0.05) is 17.4 Å². The first-order valence-corrected chi connectivity index (χ1v) is 3.86. The quantitative estimate of drug-likeness (QED) is 0.660. The van der Waals surface area contributed by atoms with Crippen LogP contribution >= 0.6 is 0 Å². The fraction of sp³-hybridized carbons (Fsp3) is 0.500. The molecule has 1 aromatic heterocycles. The third-order valence-corrected chi connectivity index (χ3v) is 1.49. The molecule has 4 heteroatoms. The van der Waals surface area contributed by atoms with Crippen molar-refractivity contribution in [2.75, 3.05) is 6.61 Å². The number of hydrogen-bond acceptors (Lipinski definition) is 3. The van der Waals surface area contributed by atoms with Crippen LogP contribution in [0.1, 0.15) is 12.6 Å². The normalized spacial score (nSPS) is 10.2. The Hall–Kier alpha value is -1.16. The van der Waals surface area contributed by atoms with Gasteiger partial charge in [-0.15, -0.1) is 5.10 Å². The van der Waals surface area contributed by atoms with E-state index in [2.05, 4.69) is 16.9 Å². The average molecular weight is 167 g/mol. The van der Waals surface area contributed by atoms with Crippen molar-refractivity contribution in [1.29, 1.82) is 0 Å². The van der Waals surface area contributed by atoms with E-state index in [9.17, 15) is 0 Å². The van der Waals surface area contributed by atoms with Gasteiger partial charge in [-0.3, -0.25) is 0 Å². The molecule has 0 unspecified atom stereocenters. The number of aliphatic hydroxyl groups is 1. The van der Waals surface area contributed by atoms with Gasteiger partial charge in [0.15, 0.2) is 0 Å². The molecule has 1 N–H and O–H groups in total. The largest absolute Gasteiger partial charge is 0.394 e. The van der Waals surface area contributed by atoms with Crippen LogP contribution in [0.2, 0.25) is 0 Å². The van der Waals surface area contributed by atoms with Crippen molar-refractivity contribution in [3.05, 3.63) is 24.0 Å². The Kier molecular flexibility index (Phi) is 2.99. The second kappa shape index (κ2) is 4.01. The summed E-state index contributed by atoms with van der Waals surface area (Å²) < 4.78 is 1.69. The average Bonchev–Trinajstić information content (AvgIpc) is 2.37. The monoisotopic (exact) mass is 167 g/mol. The van der Waals surface area contributed by atoms with Crippen molar-refractivity contribution < 1.29 is 5.11 Å². The van der Waals surface area contributed by atoms with Crippen LogP contribution < -0.4 is 0 Å². The first-order chi connectivity index (χ1) is 5.74. The summed E-state index contributed by atoms with van der Waals surface area (Å²) in [5, 5.41) is 16.3. The minimum absolute atomic E-state index is 0.0898. The predicted octanol–water partition coefficient (Wildman–Crippen LogP) is 0.389. The minimum atomic E-state index is 0.0898. The van der Waals surface area contributed by atoms with Gasteiger partial charge >= 0.3 is 0 Å². The Balaban J connectivity index is 2.69. The summed E-state index contributed by atoms with van der Waals surface area (Å²) in [6.45, 7) is 6.35. The Bertz CT molecular complexity index is 267. The van der Waals surface area contributed by atoms with Crippen LogP contribution in [0.15, 0.2) is 18.3 Å². The summed E-state index contributed by atoms with van der Waals surface area (Å²) in [4.78, 5) is 0. The van der Waals surface area contributed by atoms with Crippen LogP contribution in [0, 0.1) is 0 Å². The highest BCUT2D eigenvalue weighted by Crippen LogP contribution is 2.03. The van der Waals surface area contributed by atoms with Crippen molar-refractivity contribution in [3.8, 4) is 0 Å². The summed E-state index contributed by atoms with van der Waals surface area (Å²) in [5.74, 6) is 0. The fourth-order valence-corrected chi connectivity index (χ4v) is 1.01. The molecule has 0 aliphatic rings. The minimum Gasteiger partial charge on any atom is -0.394 e. The van der Waals surface area contributed by atoms with E-state index < -0.39 is 0 Å². The zero-order valence-electron chi connectivity index (χ0n) is 7.19. The van der Waals surface area contributed by atoms with Crippen molar-refractivity contribution in [2.45, 2.75) is 19.9 Å². The zero-order valence-corrected chi connectivity index (χ0v) is 7.19. The molecule has 0 aliphatic heterocycles. The molecule has 0 amide bonds. The van der Waals surface area contributed by atoms with Gasteiger partial charge in [-0.2, -0.15) is 0 Å². The fourth-order valence-electron chi connectivity index (χ4n) is 1.01. The molecule has 0 spiro atoms. The molecule has 4 nitrogen and oxygen atoms in total. The van der Waals surface area contributed by atoms with E-state index in [0.717, 1.165) is 17.7 Å². The summed E-state index contributed by atoms with van der Waals surface area (Å²) in [7, 11) is 0. The first-order valence-electron chi connectivity index (χ1n) is 3.86. The van der Waals surface area contributed by atoms with Crippen LogP contribution in [-0.4, -0.2) is 26.7 Å². The zero-order chi connectivity index (χ0) is 8.97. The molecule has 0 saturated heterocycles. The Morgan fingerprint density at radius 2 is 2.50 bits per heavy atom. The van der Waals surface area contributed by atoms with Crippen LogP contribution in [0.4, 0.5) is 0 Å². The van der Waals surface area contributed by atoms with Crippen molar-refractivity contribution in [2.24, 2.45) is 0 Å². The predicted molar refractivity (Wildman–Crippen MR) is 45.6 cm³/mol. The first kappa shape index (κ1) is 8.93. The standard InChI is InChI=1S/C8H13N3O/c1-7(2)5-8-6-9-10-11(8)3-4-12/h6,12H,1,3-5H2,2H3. The molecule has 0 radical (unpaired) electrons. The maximum Gasteiger partial charge on any atom is 0.0728 e. The van der Waals surface area contributed by atoms with E-state index >= 15 is 0 Å². The van der Waals surface area contributed by atoms with E-state index in [1.165, 1.54) is 0 Å². The van der Waals surface area contributed by atoms with Gasteiger partial charge in [0.1, 0.15) is 0 Å². The summed E-state index contributed by atoms with van der Waals surface area (Å²) in [6.07, 6.45) is 2.47. The lowest BCUT2D eigenvalue weighted by atomic mass is 10.2. The van der Waals surface area contributed by atoms with E-state index in [1.807, 2.05) is 6.92 Å². The third kappa shape index (κ3) is 2.17. The molecule has 0 saturated carbocycles. The smallest absolute Gasteiger partial charge is 0.0728 e. The molecule has 0 aromatic carbocycles. The molecule has 66 valence electrons. The highest BCUT2D eigenvalue weighted by Gasteiger charge is 2.02. The van der Waals surface area contributed by atoms with Gasteiger partial charge < -0.3 is 5.11 Å². The molecule has 0 atom stereocenters. The third-order valence-electron chi connectivity index (χ3n) is 1.49. The van der Waals surface area contributed by atoms with Crippen LogP contribution in [0.25, 0.3) is 0 Å². The Morgan fingerprint density at radius 1 is 1.75 bits per heavy atom. The van der Waals surface area contributed by atoms with Gasteiger partial charge in [0.2, 0.25) is 0 Å². The summed E-state index contributed by atoms with van der Waals surface area (Å²) in [5.41, 5.74) is 2.06. The number of rotatable bonds is 4. The molecule has 1 aromatic rings. The lowest BCUT2D eigenvalue weighted by molar-refractivity contribution is 0.266. The Morgan fingerprint density at radius 3 is 3.08 bits per heavy atom. The van der Waals surface area contributed by atoms with E-state index in [4.69, 9.17) is 5.11 Å². The van der Waals surface area contributed by atoms with Gasteiger partial charge in [-0.25, -0.2) is 4.68 Å².